The Morgan fingerprint density at radius 1 is 1.16 bits per heavy atom. The summed E-state index contributed by atoms with van der Waals surface area (Å²) in [6, 6.07) is 8.04. The van der Waals surface area contributed by atoms with E-state index in [-0.39, 0.29) is 24.2 Å². The average molecular weight is 264 g/mol. The third-order valence-electron chi connectivity index (χ3n) is 2.52. The molecule has 0 heterocycles. The van der Waals surface area contributed by atoms with Crippen molar-refractivity contribution >= 4 is 11.8 Å². The summed E-state index contributed by atoms with van der Waals surface area (Å²) in [5.74, 6) is -2.56. The average Bonchev–Trinajstić information content (AvgIpc) is 2.44. The van der Waals surface area contributed by atoms with Crippen LogP contribution in [0.5, 0.6) is 0 Å². The first-order valence-electron chi connectivity index (χ1n) is 6.27. The number of halogens is 1. The summed E-state index contributed by atoms with van der Waals surface area (Å²) < 4.78 is 18.9. The zero-order valence-corrected chi connectivity index (χ0v) is 11.1. The molecule has 0 atom stereocenters. The van der Waals surface area contributed by atoms with E-state index in [1.807, 2.05) is 0 Å². The van der Waals surface area contributed by atoms with Crippen LogP contribution in [0.25, 0.3) is 0 Å². The highest BCUT2D eigenvalue weighted by Crippen LogP contribution is 2.19. The highest BCUT2D eigenvalue weighted by Gasteiger charge is 2.22. The van der Waals surface area contributed by atoms with E-state index in [9.17, 15) is 14.0 Å². The Morgan fingerprint density at radius 3 is 2.32 bits per heavy atom. The molecule has 1 rings (SSSR count). The van der Waals surface area contributed by atoms with Crippen LogP contribution in [-0.4, -0.2) is 18.4 Å². The molecule has 0 amide bonds. The lowest BCUT2D eigenvalue weighted by Crippen LogP contribution is -2.13. The van der Waals surface area contributed by atoms with Gasteiger partial charge in [0.15, 0.2) is 5.83 Å². The van der Waals surface area contributed by atoms with Gasteiger partial charge in [0.05, 0.1) is 12.2 Å². The van der Waals surface area contributed by atoms with Crippen LogP contribution in [0, 0.1) is 0 Å². The largest absolute Gasteiger partial charge is 0.463 e. The molecular formula is C15H17FO3. The van der Waals surface area contributed by atoms with Gasteiger partial charge in [-0.25, -0.2) is 9.18 Å². The minimum atomic E-state index is -1.02. The van der Waals surface area contributed by atoms with Crippen molar-refractivity contribution in [1.29, 1.82) is 0 Å². The van der Waals surface area contributed by atoms with Gasteiger partial charge in [0.2, 0.25) is 5.78 Å². The Morgan fingerprint density at radius 2 is 1.79 bits per heavy atom. The van der Waals surface area contributed by atoms with Crippen LogP contribution in [0.1, 0.15) is 37.0 Å². The maximum Gasteiger partial charge on any atom is 0.337 e. The number of Topliss-reactive ketones (excluding diaryl/α,β-unsaturated/α-hetero) is 1. The number of allylic oxidation sites excluding steroid dienone is 1. The van der Waals surface area contributed by atoms with E-state index in [4.69, 9.17) is 4.74 Å². The fraction of sp³-hybridized carbons (Fsp3) is 0.333. The van der Waals surface area contributed by atoms with Gasteiger partial charge < -0.3 is 4.74 Å². The van der Waals surface area contributed by atoms with Gasteiger partial charge in [-0.2, -0.15) is 0 Å². The molecule has 19 heavy (non-hydrogen) atoms. The number of ether oxygens (including phenoxy) is 1. The van der Waals surface area contributed by atoms with Crippen molar-refractivity contribution in [1.82, 2.24) is 0 Å². The summed E-state index contributed by atoms with van der Waals surface area (Å²) in [6.45, 7) is 3.59. The predicted molar refractivity (Wildman–Crippen MR) is 70.4 cm³/mol. The molecule has 0 spiro atoms. The second kappa shape index (κ2) is 7.46. The molecule has 102 valence electrons. The maximum atomic E-state index is 14.1. The predicted octanol–water partition coefficient (Wildman–Crippen LogP) is 3.46. The summed E-state index contributed by atoms with van der Waals surface area (Å²) in [4.78, 5) is 23.6. The molecule has 0 aliphatic carbocycles. The fourth-order valence-corrected chi connectivity index (χ4v) is 1.62. The number of hydrogen-bond acceptors (Lipinski definition) is 3. The summed E-state index contributed by atoms with van der Waals surface area (Å²) in [5.41, 5.74) is 0.0381. The first-order chi connectivity index (χ1) is 9.11. The SMILES string of the molecule is CCC/C(C(=O)OCC)=C(\F)C(=O)c1ccccc1. The zero-order valence-electron chi connectivity index (χ0n) is 11.1. The molecule has 1 aromatic carbocycles. The minimum absolute atomic E-state index is 0.152. The van der Waals surface area contributed by atoms with Gasteiger partial charge in [-0.3, -0.25) is 4.79 Å². The fourth-order valence-electron chi connectivity index (χ4n) is 1.62. The van der Waals surface area contributed by atoms with Crippen LogP contribution in [0.2, 0.25) is 0 Å². The van der Waals surface area contributed by atoms with E-state index < -0.39 is 17.6 Å². The van der Waals surface area contributed by atoms with Gasteiger partial charge in [-0.1, -0.05) is 43.7 Å². The first kappa shape index (κ1) is 15.1. The van der Waals surface area contributed by atoms with Crippen molar-refractivity contribution in [2.24, 2.45) is 0 Å². The van der Waals surface area contributed by atoms with Crippen molar-refractivity contribution in [2.45, 2.75) is 26.7 Å². The second-order valence-corrected chi connectivity index (χ2v) is 3.96. The number of carbonyl (C=O) groups excluding carboxylic acids is 2. The van der Waals surface area contributed by atoms with E-state index >= 15 is 0 Å². The summed E-state index contributed by atoms with van der Waals surface area (Å²) in [7, 11) is 0. The normalized spacial score (nSPS) is 11.7. The lowest BCUT2D eigenvalue weighted by Gasteiger charge is -2.07. The van der Waals surface area contributed by atoms with Crippen molar-refractivity contribution in [3.05, 3.63) is 47.3 Å². The van der Waals surface area contributed by atoms with Gasteiger partial charge >= 0.3 is 5.97 Å². The van der Waals surface area contributed by atoms with E-state index in [2.05, 4.69) is 0 Å². The topological polar surface area (TPSA) is 43.4 Å². The Balaban J connectivity index is 3.08. The van der Waals surface area contributed by atoms with Crippen molar-refractivity contribution in [2.75, 3.05) is 6.61 Å². The van der Waals surface area contributed by atoms with Gasteiger partial charge in [0.25, 0.3) is 0 Å². The number of esters is 1. The van der Waals surface area contributed by atoms with Gasteiger partial charge in [0, 0.05) is 5.56 Å². The molecule has 0 saturated carbocycles. The van der Waals surface area contributed by atoms with Crippen LogP contribution in [0.15, 0.2) is 41.7 Å². The van der Waals surface area contributed by atoms with E-state index in [1.54, 1.807) is 32.0 Å². The molecule has 0 aliphatic rings. The first-order valence-corrected chi connectivity index (χ1v) is 6.27. The van der Waals surface area contributed by atoms with Crippen molar-refractivity contribution in [3.63, 3.8) is 0 Å². The van der Waals surface area contributed by atoms with Crippen molar-refractivity contribution < 1.29 is 18.7 Å². The highest BCUT2D eigenvalue weighted by atomic mass is 19.1. The quantitative estimate of drug-likeness (QED) is 0.449. The van der Waals surface area contributed by atoms with Crippen LogP contribution in [0.3, 0.4) is 0 Å². The monoisotopic (exact) mass is 264 g/mol. The smallest absolute Gasteiger partial charge is 0.337 e. The summed E-state index contributed by atoms with van der Waals surface area (Å²) >= 11 is 0. The van der Waals surface area contributed by atoms with Gasteiger partial charge in [0.1, 0.15) is 0 Å². The molecule has 0 aliphatic heterocycles. The zero-order chi connectivity index (χ0) is 14.3. The second-order valence-electron chi connectivity index (χ2n) is 3.96. The molecule has 0 unspecified atom stereocenters. The Hall–Kier alpha value is -1.97. The molecule has 0 N–H and O–H groups in total. The van der Waals surface area contributed by atoms with Crippen LogP contribution >= 0.6 is 0 Å². The molecule has 0 radical (unpaired) electrons. The number of hydrogen-bond donors (Lipinski definition) is 0. The van der Waals surface area contributed by atoms with E-state index in [0.29, 0.717) is 6.42 Å². The Bertz CT molecular complexity index is 477. The lowest BCUT2D eigenvalue weighted by molar-refractivity contribution is -0.138. The van der Waals surface area contributed by atoms with Crippen LogP contribution in [-0.2, 0) is 9.53 Å². The molecule has 4 heteroatoms. The number of rotatable bonds is 6. The summed E-state index contributed by atoms with van der Waals surface area (Å²) in [6.07, 6.45) is 0.743. The minimum Gasteiger partial charge on any atom is -0.463 e. The van der Waals surface area contributed by atoms with Crippen LogP contribution in [0.4, 0.5) is 4.39 Å². The van der Waals surface area contributed by atoms with E-state index in [0.717, 1.165) is 0 Å². The molecule has 0 bridgehead atoms. The number of benzene rings is 1. The standard InChI is InChI=1S/C15H17FO3/c1-3-8-12(15(18)19-4-2)13(16)14(17)11-9-6-5-7-10-11/h5-7,9-10H,3-4,8H2,1-2H3/b13-12+. The lowest BCUT2D eigenvalue weighted by atomic mass is 10.0. The Labute approximate surface area is 112 Å². The Kier molecular flexibility index (Phi) is 5.93. The third-order valence-corrected chi connectivity index (χ3v) is 2.52. The van der Waals surface area contributed by atoms with Crippen molar-refractivity contribution in [3.8, 4) is 0 Å². The highest BCUT2D eigenvalue weighted by molar-refractivity contribution is 6.11. The van der Waals surface area contributed by atoms with E-state index in [1.165, 1.54) is 12.1 Å². The van der Waals surface area contributed by atoms with Crippen LogP contribution < -0.4 is 0 Å². The molecule has 0 aromatic heterocycles. The summed E-state index contributed by atoms with van der Waals surface area (Å²) in [5, 5.41) is 0. The maximum absolute atomic E-state index is 14.1. The molecule has 1 aromatic rings. The number of ketones is 1. The van der Waals surface area contributed by atoms with Gasteiger partial charge in [-0.05, 0) is 13.3 Å². The third kappa shape index (κ3) is 4.02. The molecular weight excluding hydrogens is 247 g/mol. The molecule has 3 nitrogen and oxygen atoms in total. The molecule has 0 fully saturated rings. The molecule has 0 saturated heterocycles. The number of carbonyl (C=O) groups is 2. The van der Waals surface area contributed by atoms with Gasteiger partial charge in [-0.15, -0.1) is 0 Å².